The normalized spacial score (nSPS) is 24.4. The smallest absolute Gasteiger partial charge is 0.223 e. The minimum absolute atomic E-state index is 0.307. The molecule has 0 unspecified atom stereocenters. The van der Waals surface area contributed by atoms with Crippen molar-refractivity contribution in [2.75, 3.05) is 5.73 Å². The monoisotopic (exact) mass is 248 g/mol. The van der Waals surface area contributed by atoms with Crippen molar-refractivity contribution in [3.8, 4) is 0 Å². The first-order chi connectivity index (χ1) is 8.60. The second-order valence-corrected chi connectivity index (χ2v) is 5.69. The zero-order valence-electron chi connectivity index (χ0n) is 11.7. The van der Waals surface area contributed by atoms with E-state index in [1.165, 1.54) is 32.1 Å². The Morgan fingerprint density at radius 3 is 2.33 bits per heavy atom. The molecule has 0 aliphatic heterocycles. The molecular weight excluding hydrogens is 224 g/mol. The average Bonchev–Trinajstić information content (AvgIpc) is 2.38. The van der Waals surface area contributed by atoms with Gasteiger partial charge in [0.15, 0.2) is 0 Å². The standard InChI is InChI=1S/C14H24N4/c1-4-10-5-7-11(8-6-10)13-16-12(9(2)3)17-14(15)18-13/h9-11H,4-8H2,1-3H3,(H2,15,16,17,18). The third kappa shape index (κ3) is 2.98. The quantitative estimate of drug-likeness (QED) is 0.891. The summed E-state index contributed by atoms with van der Waals surface area (Å²) in [4.78, 5) is 13.2. The van der Waals surface area contributed by atoms with Gasteiger partial charge in [0.2, 0.25) is 5.95 Å². The van der Waals surface area contributed by atoms with Crippen LogP contribution in [-0.2, 0) is 0 Å². The summed E-state index contributed by atoms with van der Waals surface area (Å²) in [6.45, 7) is 6.46. The Labute approximate surface area is 109 Å². The lowest BCUT2D eigenvalue weighted by Gasteiger charge is -2.27. The van der Waals surface area contributed by atoms with Gasteiger partial charge in [-0.15, -0.1) is 0 Å². The van der Waals surface area contributed by atoms with E-state index in [2.05, 4.69) is 35.7 Å². The van der Waals surface area contributed by atoms with Crippen LogP contribution >= 0.6 is 0 Å². The molecule has 1 aliphatic carbocycles. The Balaban J connectivity index is 2.13. The maximum atomic E-state index is 5.80. The van der Waals surface area contributed by atoms with E-state index in [1.807, 2.05) is 0 Å². The molecule has 1 heterocycles. The van der Waals surface area contributed by atoms with Gasteiger partial charge in [-0.25, -0.2) is 4.98 Å². The highest BCUT2D eigenvalue weighted by Gasteiger charge is 2.24. The molecule has 4 nitrogen and oxygen atoms in total. The number of hydrogen-bond acceptors (Lipinski definition) is 4. The molecule has 0 spiro atoms. The van der Waals surface area contributed by atoms with Gasteiger partial charge in [0, 0.05) is 11.8 Å². The summed E-state index contributed by atoms with van der Waals surface area (Å²) in [5.74, 6) is 3.80. The van der Waals surface area contributed by atoms with Crippen LogP contribution in [0.4, 0.5) is 5.95 Å². The fourth-order valence-electron chi connectivity index (χ4n) is 2.70. The van der Waals surface area contributed by atoms with Crippen LogP contribution in [0.1, 0.15) is 76.4 Å². The van der Waals surface area contributed by atoms with E-state index in [-0.39, 0.29) is 0 Å². The van der Waals surface area contributed by atoms with Gasteiger partial charge in [0.1, 0.15) is 11.6 Å². The highest BCUT2D eigenvalue weighted by atomic mass is 15.1. The highest BCUT2D eigenvalue weighted by Crippen LogP contribution is 2.35. The van der Waals surface area contributed by atoms with Crippen LogP contribution in [-0.4, -0.2) is 15.0 Å². The van der Waals surface area contributed by atoms with Gasteiger partial charge in [-0.05, 0) is 31.6 Å². The summed E-state index contributed by atoms with van der Waals surface area (Å²) >= 11 is 0. The first-order valence-corrected chi connectivity index (χ1v) is 7.11. The Kier molecular flexibility index (Phi) is 4.15. The predicted octanol–water partition coefficient (Wildman–Crippen LogP) is 3.26. The van der Waals surface area contributed by atoms with E-state index in [1.54, 1.807) is 0 Å². The maximum absolute atomic E-state index is 5.80. The first kappa shape index (κ1) is 13.2. The Morgan fingerprint density at radius 2 is 1.78 bits per heavy atom. The first-order valence-electron chi connectivity index (χ1n) is 7.11. The van der Waals surface area contributed by atoms with Crippen LogP contribution in [0.3, 0.4) is 0 Å². The SMILES string of the molecule is CCC1CCC(c2nc(N)nc(C(C)C)n2)CC1. The van der Waals surface area contributed by atoms with Crippen molar-refractivity contribution >= 4 is 5.95 Å². The summed E-state index contributed by atoms with van der Waals surface area (Å²) in [5.41, 5.74) is 5.80. The number of hydrogen-bond donors (Lipinski definition) is 1. The van der Waals surface area contributed by atoms with Crippen LogP contribution in [0.25, 0.3) is 0 Å². The molecule has 100 valence electrons. The Bertz CT molecular complexity index is 395. The molecule has 2 rings (SSSR count). The van der Waals surface area contributed by atoms with Crippen LogP contribution in [0, 0.1) is 5.92 Å². The van der Waals surface area contributed by atoms with Crippen molar-refractivity contribution in [3.05, 3.63) is 11.6 Å². The third-order valence-corrected chi connectivity index (χ3v) is 3.99. The average molecular weight is 248 g/mol. The minimum Gasteiger partial charge on any atom is -0.368 e. The predicted molar refractivity (Wildman–Crippen MR) is 73.3 cm³/mol. The molecule has 0 saturated heterocycles. The number of rotatable bonds is 3. The molecule has 2 N–H and O–H groups in total. The number of nitrogens with zero attached hydrogens (tertiary/aromatic N) is 3. The molecule has 0 bridgehead atoms. The van der Waals surface area contributed by atoms with Crippen LogP contribution < -0.4 is 5.73 Å². The highest BCUT2D eigenvalue weighted by molar-refractivity contribution is 5.19. The minimum atomic E-state index is 0.307. The zero-order valence-corrected chi connectivity index (χ0v) is 11.7. The Morgan fingerprint density at radius 1 is 1.11 bits per heavy atom. The van der Waals surface area contributed by atoms with Crippen molar-refractivity contribution in [3.63, 3.8) is 0 Å². The molecule has 0 atom stereocenters. The van der Waals surface area contributed by atoms with E-state index in [4.69, 9.17) is 5.73 Å². The lowest BCUT2D eigenvalue weighted by molar-refractivity contribution is 0.311. The van der Waals surface area contributed by atoms with E-state index >= 15 is 0 Å². The van der Waals surface area contributed by atoms with E-state index in [0.29, 0.717) is 17.8 Å². The van der Waals surface area contributed by atoms with Gasteiger partial charge in [0.05, 0.1) is 0 Å². The molecule has 1 saturated carbocycles. The number of nitrogen functional groups attached to an aromatic ring is 1. The summed E-state index contributed by atoms with van der Waals surface area (Å²) in [7, 11) is 0. The summed E-state index contributed by atoms with van der Waals surface area (Å²) in [5, 5.41) is 0. The third-order valence-electron chi connectivity index (χ3n) is 3.99. The molecule has 0 amide bonds. The molecule has 0 aromatic carbocycles. The van der Waals surface area contributed by atoms with Crippen LogP contribution in [0.15, 0.2) is 0 Å². The second-order valence-electron chi connectivity index (χ2n) is 5.69. The fraction of sp³-hybridized carbons (Fsp3) is 0.786. The molecular formula is C14H24N4. The largest absolute Gasteiger partial charge is 0.368 e. The molecule has 1 aromatic heterocycles. The van der Waals surface area contributed by atoms with Gasteiger partial charge < -0.3 is 5.73 Å². The van der Waals surface area contributed by atoms with Gasteiger partial charge >= 0.3 is 0 Å². The van der Waals surface area contributed by atoms with Gasteiger partial charge in [-0.2, -0.15) is 9.97 Å². The summed E-state index contributed by atoms with van der Waals surface area (Å²) in [6, 6.07) is 0. The number of nitrogens with two attached hydrogens (primary N) is 1. The van der Waals surface area contributed by atoms with E-state index in [0.717, 1.165) is 17.6 Å². The van der Waals surface area contributed by atoms with Crippen molar-refractivity contribution in [1.82, 2.24) is 15.0 Å². The van der Waals surface area contributed by atoms with Gasteiger partial charge in [-0.3, -0.25) is 0 Å². The maximum Gasteiger partial charge on any atom is 0.223 e. The molecule has 1 aliphatic rings. The molecule has 1 aromatic rings. The summed E-state index contributed by atoms with van der Waals surface area (Å²) in [6.07, 6.45) is 6.27. The van der Waals surface area contributed by atoms with Gasteiger partial charge in [-0.1, -0.05) is 27.2 Å². The van der Waals surface area contributed by atoms with Crippen LogP contribution in [0.5, 0.6) is 0 Å². The van der Waals surface area contributed by atoms with Crippen molar-refractivity contribution in [1.29, 1.82) is 0 Å². The topological polar surface area (TPSA) is 64.7 Å². The molecule has 0 radical (unpaired) electrons. The second kappa shape index (κ2) is 5.63. The van der Waals surface area contributed by atoms with Crippen molar-refractivity contribution in [2.24, 2.45) is 5.92 Å². The fourth-order valence-corrected chi connectivity index (χ4v) is 2.70. The van der Waals surface area contributed by atoms with Crippen molar-refractivity contribution < 1.29 is 0 Å². The lowest BCUT2D eigenvalue weighted by Crippen LogP contribution is -2.17. The van der Waals surface area contributed by atoms with E-state index in [9.17, 15) is 0 Å². The molecule has 4 heteroatoms. The molecule has 1 fully saturated rings. The summed E-state index contributed by atoms with van der Waals surface area (Å²) < 4.78 is 0. The number of anilines is 1. The number of aromatic nitrogens is 3. The van der Waals surface area contributed by atoms with Crippen LogP contribution in [0.2, 0.25) is 0 Å². The zero-order chi connectivity index (χ0) is 13.1. The lowest BCUT2D eigenvalue weighted by atomic mass is 9.80. The van der Waals surface area contributed by atoms with E-state index < -0.39 is 0 Å². The molecule has 18 heavy (non-hydrogen) atoms. The Hall–Kier alpha value is -1.19. The van der Waals surface area contributed by atoms with Crippen molar-refractivity contribution in [2.45, 2.75) is 64.7 Å². The van der Waals surface area contributed by atoms with Gasteiger partial charge in [0.25, 0.3) is 0 Å².